The van der Waals surface area contributed by atoms with Gasteiger partial charge in [-0.15, -0.1) is 0 Å². The normalized spacial score (nSPS) is 22.4. The summed E-state index contributed by atoms with van der Waals surface area (Å²) in [5.41, 5.74) is 7.62. The van der Waals surface area contributed by atoms with Crippen molar-refractivity contribution in [2.45, 2.75) is 45.1 Å². The van der Waals surface area contributed by atoms with E-state index in [1.165, 1.54) is 0 Å². The lowest BCUT2D eigenvalue weighted by Crippen LogP contribution is -2.42. The third-order valence-electron chi connectivity index (χ3n) is 3.98. The van der Waals surface area contributed by atoms with Gasteiger partial charge in [-0.05, 0) is 42.7 Å². The fraction of sp³-hybridized carbons (Fsp3) is 0.571. The summed E-state index contributed by atoms with van der Waals surface area (Å²) in [5.74, 6) is 0. The van der Waals surface area contributed by atoms with Crippen molar-refractivity contribution in [3.8, 4) is 0 Å². The second-order valence-electron chi connectivity index (χ2n) is 5.92. The highest BCUT2D eigenvalue weighted by molar-refractivity contribution is 6.42. The molecule has 1 nitrogen and oxygen atoms in total. The van der Waals surface area contributed by atoms with Gasteiger partial charge in [-0.2, -0.15) is 0 Å². The standard InChI is InChI=1S/C14H19Cl2N/c1-13(2)6-8-14(17,9-7-13)10-4-3-5-11(15)12(10)16/h3-5H,6-9,17H2,1-2H3. The Morgan fingerprint density at radius 1 is 1.06 bits per heavy atom. The van der Waals surface area contributed by atoms with E-state index < -0.39 is 0 Å². The summed E-state index contributed by atoms with van der Waals surface area (Å²) >= 11 is 12.3. The van der Waals surface area contributed by atoms with Crippen molar-refractivity contribution in [3.05, 3.63) is 33.8 Å². The van der Waals surface area contributed by atoms with Crippen LogP contribution in [-0.2, 0) is 5.54 Å². The van der Waals surface area contributed by atoms with Gasteiger partial charge < -0.3 is 5.73 Å². The van der Waals surface area contributed by atoms with Crippen LogP contribution < -0.4 is 5.73 Å². The van der Waals surface area contributed by atoms with Crippen LogP contribution in [0.2, 0.25) is 10.0 Å². The van der Waals surface area contributed by atoms with E-state index in [2.05, 4.69) is 13.8 Å². The quantitative estimate of drug-likeness (QED) is 0.784. The highest BCUT2D eigenvalue weighted by Crippen LogP contribution is 2.46. The van der Waals surface area contributed by atoms with Crippen LogP contribution in [0.5, 0.6) is 0 Å². The number of benzene rings is 1. The van der Waals surface area contributed by atoms with E-state index in [1.54, 1.807) is 0 Å². The molecule has 1 aromatic rings. The molecule has 1 aliphatic rings. The molecule has 0 aromatic heterocycles. The first kappa shape index (κ1) is 13.2. The molecule has 0 spiro atoms. The van der Waals surface area contributed by atoms with E-state index in [1.807, 2.05) is 18.2 Å². The molecule has 1 aliphatic carbocycles. The first-order valence-corrected chi connectivity index (χ1v) is 6.83. The van der Waals surface area contributed by atoms with Crippen molar-refractivity contribution in [3.63, 3.8) is 0 Å². The molecule has 0 saturated heterocycles. The molecule has 2 rings (SSSR count). The van der Waals surface area contributed by atoms with Gasteiger partial charge in [0.25, 0.3) is 0 Å². The van der Waals surface area contributed by atoms with Crippen LogP contribution in [-0.4, -0.2) is 0 Å². The van der Waals surface area contributed by atoms with E-state index in [9.17, 15) is 0 Å². The summed E-state index contributed by atoms with van der Waals surface area (Å²) in [6.07, 6.45) is 4.21. The molecule has 0 radical (unpaired) electrons. The molecule has 0 aliphatic heterocycles. The van der Waals surface area contributed by atoms with Crippen molar-refractivity contribution < 1.29 is 0 Å². The molecule has 94 valence electrons. The molecule has 0 atom stereocenters. The zero-order valence-electron chi connectivity index (χ0n) is 10.4. The lowest BCUT2D eigenvalue weighted by Gasteiger charge is -2.42. The Morgan fingerprint density at radius 2 is 1.65 bits per heavy atom. The van der Waals surface area contributed by atoms with Crippen LogP contribution in [0.3, 0.4) is 0 Å². The van der Waals surface area contributed by atoms with Crippen LogP contribution in [0.1, 0.15) is 45.1 Å². The zero-order chi connectivity index (χ0) is 12.7. The summed E-state index contributed by atoms with van der Waals surface area (Å²) < 4.78 is 0. The molecule has 0 bridgehead atoms. The Labute approximate surface area is 113 Å². The molecule has 1 fully saturated rings. The first-order chi connectivity index (χ1) is 7.84. The van der Waals surface area contributed by atoms with Gasteiger partial charge in [-0.25, -0.2) is 0 Å². The molecule has 17 heavy (non-hydrogen) atoms. The van der Waals surface area contributed by atoms with Crippen LogP contribution in [0.25, 0.3) is 0 Å². The summed E-state index contributed by atoms with van der Waals surface area (Å²) in [6, 6.07) is 5.74. The highest BCUT2D eigenvalue weighted by Gasteiger charge is 2.37. The van der Waals surface area contributed by atoms with Crippen molar-refractivity contribution in [1.29, 1.82) is 0 Å². The van der Waals surface area contributed by atoms with Crippen LogP contribution in [0, 0.1) is 5.41 Å². The smallest absolute Gasteiger partial charge is 0.0642 e. The maximum atomic E-state index is 6.53. The lowest BCUT2D eigenvalue weighted by molar-refractivity contribution is 0.165. The number of nitrogens with two attached hydrogens (primary N) is 1. The van der Waals surface area contributed by atoms with Gasteiger partial charge in [0.1, 0.15) is 0 Å². The Kier molecular flexibility index (Phi) is 3.46. The molecule has 2 N–H and O–H groups in total. The Morgan fingerprint density at radius 3 is 2.24 bits per heavy atom. The molecule has 0 heterocycles. The minimum atomic E-state index is -0.308. The molecular formula is C14H19Cl2N. The third kappa shape index (κ3) is 2.62. The number of hydrogen-bond acceptors (Lipinski definition) is 1. The monoisotopic (exact) mass is 271 g/mol. The first-order valence-electron chi connectivity index (χ1n) is 6.07. The summed E-state index contributed by atoms with van der Waals surface area (Å²) in [5, 5.41) is 1.22. The molecule has 0 unspecified atom stereocenters. The minimum absolute atomic E-state index is 0.308. The summed E-state index contributed by atoms with van der Waals surface area (Å²) in [6.45, 7) is 4.60. The predicted molar refractivity (Wildman–Crippen MR) is 74.6 cm³/mol. The maximum absolute atomic E-state index is 6.53. The second kappa shape index (κ2) is 4.46. The Balaban J connectivity index is 2.31. The Hall–Kier alpha value is -0.240. The predicted octanol–water partition coefficient (Wildman–Crippen LogP) is 4.75. The van der Waals surface area contributed by atoms with Gasteiger partial charge in [0.05, 0.1) is 10.0 Å². The van der Waals surface area contributed by atoms with E-state index in [0.717, 1.165) is 31.2 Å². The molecule has 0 amide bonds. The maximum Gasteiger partial charge on any atom is 0.0642 e. The Bertz CT molecular complexity index is 416. The fourth-order valence-electron chi connectivity index (χ4n) is 2.53. The van der Waals surface area contributed by atoms with Gasteiger partial charge in [0, 0.05) is 5.54 Å². The lowest BCUT2D eigenvalue weighted by atomic mass is 9.67. The molecular weight excluding hydrogens is 253 g/mol. The van der Waals surface area contributed by atoms with Crippen molar-refractivity contribution >= 4 is 23.2 Å². The molecule has 3 heteroatoms. The molecule has 1 aromatic carbocycles. The van der Waals surface area contributed by atoms with E-state index in [4.69, 9.17) is 28.9 Å². The zero-order valence-corrected chi connectivity index (χ0v) is 11.9. The average Bonchev–Trinajstić information content (AvgIpc) is 2.27. The van der Waals surface area contributed by atoms with E-state index in [-0.39, 0.29) is 5.54 Å². The number of halogens is 2. The van der Waals surface area contributed by atoms with Crippen molar-refractivity contribution in [1.82, 2.24) is 0 Å². The highest BCUT2D eigenvalue weighted by atomic mass is 35.5. The topological polar surface area (TPSA) is 26.0 Å². The van der Waals surface area contributed by atoms with Gasteiger partial charge >= 0.3 is 0 Å². The SMILES string of the molecule is CC1(C)CCC(N)(c2cccc(Cl)c2Cl)CC1. The summed E-state index contributed by atoms with van der Waals surface area (Å²) in [4.78, 5) is 0. The molecule has 1 saturated carbocycles. The number of hydrogen-bond donors (Lipinski definition) is 1. The summed E-state index contributed by atoms with van der Waals surface area (Å²) in [7, 11) is 0. The van der Waals surface area contributed by atoms with Crippen LogP contribution >= 0.6 is 23.2 Å². The largest absolute Gasteiger partial charge is 0.321 e. The third-order valence-corrected chi connectivity index (χ3v) is 4.80. The van der Waals surface area contributed by atoms with Crippen molar-refractivity contribution in [2.75, 3.05) is 0 Å². The van der Waals surface area contributed by atoms with Gasteiger partial charge in [-0.3, -0.25) is 0 Å². The second-order valence-corrected chi connectivity index (χ2v) is 6.71. The average molecular weight is 272 g/mol. The fourth-order valence-corrected chi connectivity index (χ4v) is 3.02. The van der Waals surface area contributed by atoms with Crippen molar-refractivity contribution in [2.24, 2.45) is 11.1 Å². The number of rotatable bonds is 1. The van der Waals surface area contributed by atoms with Gasteiger partial charge in [0.2, 0.25) is 0 Å². The minimum Gasteiger partial charge on any atom is -0.321 e. The van der Waals surface area contributed by atoms with Gasteiger partial charge in [0.15, 0.2) is 0 Å². The van der Waals surface area contributed by atoms with E-state index in [0.29, 0.717) is 15.5 Å². The van der Waals surface area contributed by atoms with Crippen LogP contribution in [0.4, 0.5) is 0 Å². The van der Waals surface area contributed by atoms with E-state index >= 15 is 0 Å². The van der Waals surface area contributed by atoms with Gasteiger partial charge in [-0.1, -0.05) is 49.2 Å². The van der Waals surface area contributed by atoms with Crippen LogP contribution in [0.15, 0.2) is 18.2 Å².